The van der Waals surface area contributed by atoms with Gasteiger partial charge in [0, 0.05) is 36.1 Å². The molecule has 2 unspecified atom stereocenters. The molecule has 2 aliphatic heterocycles. The molecule has 2 aromatic carbocycles. The van der Waals surface area contributed by atoms with Gasteiger partial charge in [-0.2, -0.15) is 5.26 Å². The van der Waals surface area contributed by atoms with E-state index in [1.807, 2.05) is 4.90 Å². The number of carbonyl (C=O) groups is 3. The van der Waals surface area contributed by atoms with Gasteiger partial charge in [0.1, 0.15) is 5.54 Å². The number of anilines is 1. The summed E-state index contributed by atoms with van der Waals surface area (Å²) in [5.74, 6) is -1.29. The average molecular weight is 501 g/mol. The Morgan fingerprint density at radius 2 is 1.82 bits per heavy atom. The summed E-state index contributed by atoms with van der Waals surface area (Å²) in [5, 5.41) is 9.76. The number of benzene rings is 2. The number of nitriles is 1. The van der Waals surface area contributed by atoms with Gasteiger partial charge in [0.2, 0.25) is 0 Å². The minimum atomic E-state index is -1.27. The molecular weight excluding hydrogens is 479 g/mol. The van der Waals surface area contributed by atoms with Crippen LogP contribution in [0, 0.1) is 11.3 Å². The van der Waals surface area contributed by atoms with Crippen molar-refractivity contribution in [2.45, 2.75) is 18.4 Å². The lowest BCUT2D eigenvalue weighted by Crippen LogP contribution is -2.53. The Hall–Kier alpha value is -3.12. The van der Waals surface area contributed by atoms with Crippen LogP contribution in [0.4, 0.5) is 10.5 Å². The second kappa shape index (κ2) is 9.26. The molecule has 10 heteroatoms. The number of ether oxygens (including phenoxy) is 1. The molecule has 1 spiro atoms. The van der Waals surface area contributed by atoms with E-state index in [2.05, 4.69) is 6.07 Å². The van der Waals surface area contributed by atoms with Crippen molar-refractivity contribution in [3.8, 4) is 6.07 Å². The molecule has 0 bridgehead atoms. The molecule has 2 saturated heterocycles. The monoisotopic (exact) mass is 500 g/mol. The second-order valence-corrected chi connectivity index (χ2v) is 9.17. The van der Waals surface area contributed by atoms with E-state index in [-0.39, 0.29) is 25.4 Å². The molecule has 2 atom stereocenters. The zero-order chi connectivity index (χ0) is 24.6. The summed E-state index contributed by atoms with van der Waals surface area (Å²) in [7, 11) is 1.58. The normalized spacial score (nSPS) is 22.5. The number of esters is 1. The topological polar surface area (TPSA) is 94.0 Å². The lowest BCUT2D eigenvalue weighted by Gasteiger charge is -2.34. The number of rotatable bonds is 5. The predicted molar refractivity (Wildman–Crippen MR) is 127 cm³/mol. The number of hydrogen-bond donors (Lipinski definition) is 0. The van der Waals surface area contributed by atoms with Crippen LogP contribution in [-0.2, 0) is 14.3 Å². The first-order chi connectivity index (χ1) is 16.2. The average Bonchev–Trinajstić information content (AvgIpc) is 3.25. The lowest BCUT2D eigenvalue weighted by molar-refractivity contribution is -0.144. The molecule has 176 valence electrons. The van der Waals surface area contributed by atoms with Crippen LogP contribution >= 0.6 is 23.2 Å². The first-order valence-corrected chi connectivity index (χ1v) is 11.4. The van der Waals surface area contributed by atoms with E-state index in [9.17, 15) is 19.6 Å². The van der Waals surface area contributed by atoms with E-state index in [0.29, 0.717) is 22.2 Å². The van der Waals surface area contributed by atoms with Gasteiger partial charge in [0.15, 0.2) is 0 Å². The summed E-state index contributed by atoms with van der Waals surface area (Å²) in [5.41, 5.74) is 0.270. The maximum absolute atomic E-state index is 14.0. The first-order valence-electron chi connectivity index (χ1n) is 10.7. The lowest BCUT2D eigenvalue weighted by atomic mass is 9.80. The zero-order valence-corrected chi connectivity index (χ0v) is 20.1. The summed E-state index contributed by atoms with van der Waals surface area (Å²) < 4.78 is 5.10. The van der Waals surface area contributed by atoms with E-state index in [4.69, 9.17) is 27.9 Å². The molecule has 2 heterocycles. The number of halogens is 2. The molecule has 0 saturated carbocycles. The zero-order valence-electron chi connectivity index (χ0n) is 18.6. The van der Waals surface area contributed by atoms with Crippen LogP contribution < -0.4 is 4.90 Å². The summed E-state index contributed by atoms with van der Waals surface area (Å²) in [6.07, 6.45) is 0. The third-order valence-corrected chi connectivity index (χ3v) is 6.77. The number of urea groups is 1. The number of likely N-dealkylation sites (N-methyl/N-ethyl adjacent to an activating group) is 1. The number of imide groups is 1. The minimum absolute atomic E-state index is 0.0132. The molecule has 0 radical (unpaired) electrons. The number of nitrogens with zero attached hydrogens (tertiary/aromatic N) is 4. The smallest absolute Gasteiger partial charge is 0.332 e. The highest BCUT2D eigenvalue weighted by Gasteiger charge is 2.64. The van der Waals surface area contributed by atoms with Crippen molar-refractivity contribution in [2.24, 2.45) is 0 Å². The minimum Gasteiger partial charge on any atom is -0.465 e. The third kappa shape index (κ3) is 4.00. The molecule has 0 aromatic heterocycles. The highest BCUT2D eigenvalue weighted by atomic mass is 35.5. The fraction of sp³-hybridized carbons (Fsp3) is 0.333. The fourth-order valence-corrected chi connectivity index (χ4v) is 5.32. The van der Waals surface area contributed by atoms with Gasteiger partial charge in [-0.3, -0.25) is 14.5 Å². The Labute approximate surface area is 207 Å². The van der Waals surface area contributed by atoms with Crippen molar-refractivity contribution < 1.29 is 19.1 Å². The molecule has 2 fully saturated rings. The van der Waals surface area contributed by atoms with Crippen molar-refractivity contribution in [2.75, 3.05) is 38.2 Å². The van der Waals surface area contributed by atoms with Crippen LogP contribution in [-0.4, -0.2) is 66.5 Å². The van der Waals surface area contributed by atoms with Gasteiger partial charge >= 0.3 is 12.0 Å². The molecule has 2 aliphatic rings. The molecule has 34 heavy (non-hydrogen) atoms. The van der Waals surface area contributed by atoms with E-state index >= 15 is 0 Å². The number of carbonyl (C=O) groups excluding carboxylic acids is 3. The fourth-order valence-electron chi connectivity index (χ4n) is 4.80. The predicted octanol–water partition coefficient (Wildman–Crippen LogP) is 3.66. The Kier molecular flexibility index (Phi) is 6.54. The SMILES string of the molecule is CCOC(=O)CN1CC(c2ccc(C#N)cc2)C2(C1)C(=O)N(c1cc(Cl)cc(Cl)c1)C(=O)N2C. The standard InChI is InChI=1S/C24H22Cl2N4O4/c1-3-34-21(31)13-29-12-20(16-6-4-15(11-27)5-7-16)24(14-29)22(32)30(23(33)28(24)2)19-9-17(25)8-18(26)10-19/h4-10,20H,3,12-14H2,1-2H3. The van der Waals surface area contributed by atoms with Crippen LogP contribution in [0.3, 0.4) is 0 Å². The molecule has 3 amide bonds. The first kappa shape index (κ1) is 24.0. The van der Waals surface area contributed by atoms with Gasteiger partial charge in [-0.1, -0.05) is 35.3 Å². The van der Waals surface area contributed by atoms with Gasteiger partial charge in [-0.05, 0) is 42.8 Å². The van der Waals surface area contributed by atoms with Crippen molar-refractivity contribution in [1.29, 1.82) is 5.26 Å². The second-order valence-electron chi connectivity index (χ2n) is 8.30. The molecular formula is C24H22Cl2N4O4. The van der Waals surface area contributed by atoms with Gasteiger partial charge in [0.05, 0.1) is 30.5 Å². The Balaban J connectivity index is 1.78. The van der Waals surface area contributed by atoms with Gasteiger partial charge < -0.3 is 9.64 Å². The molecule has 0 N–H and O–H groups in total. The van der Waals surface area contributed by atoms with E-state index < -0.39 is 29.4 Å². The van der Waals surface area contributed by atoms with Gasteiger partial charge in [0.25, 0.3) is 5.91 Å². The van der Waals surface area contributed by atoms with E-state index in [0.717, 1.165) is 10.5 Å². The van der Waals surface area contributed by atoms with Crippen LogP contribution in [0.15, 0.2) is 42.5 Å². The Bertz CT molecular complexity index is 1180. The summed E-state index contributed by atoms with van der Waals surface area (Å²) in [4.78, 5) is 44.0. The van der Waals surface area contributed by atoms with Crippen LogP contribution in [0.1, 0.15) is 24.0 Å². The van der Waals surface area contributed by atoms with Gasteiger partial charge in [-0.15, -0.1) is 0 Å². The van der Waals surface area contributed by atoms with Gasteiger partial charge in [-0.25, -0.2) is 9.69 Å². The third-order valence-electron chi connectivity index (χ3n) is 6.34. The largest absolute Gasteiger partial charge is 0.465 e. The maximum Gasteiger partial charge on any atom is 0.332 e. The summed E-state index contributed by atoms with van der Waals surface area (Å²) >= 11 is 12.3. The number of hydrogen-bond acceptors (Lipinski definition) is 6. The van der Waals surface area contributed by atoms with Crippen molar-refractivity contribution in [3.05, 3.63) is 63.6 Å². The van der Waals surface area contributed by atoms with Crippen LogP contribution in [0.5, 0.6) is 0 Å². The molecule has 8 nitrogen and oxygen atoms in total. The quantitative estimate of drug-likeness (QED) is 0.459. The van der Waals surface area contributed by atoms with E-state index in [1.165, 1.54) is 23.1 Å². The Morgan fingerprint density at radius 3 is 2.41 bits per heavy atom. The number of likely N-dealkylation sites (tertiary alicyclic amines) is 1. The van der Waals surface area contributed by atoms with Crippen molar-refractivity contribution in [3.63, 3.8) is 0 Å². The van der Waals surface area contributed by atoms with Crippen molar-refractivity contribution >= 4 is 46.8 Å². The summed E-state index contributed by atoms with van der Waals surface area (Å²) in [6, 6.07) is 13.0. The van der Waals surface area contributed by atoms with Crippen LogP contribution in [0.2, 0.25) is 10.0 Å². The molecule has 0 aliphatic carbocycles. The molecule has 2 aromatic rings. The molecule has 4 rings (SSSR count). The Morgan fingerprint density at radius 1 is 1.18 bits per heavy atom. The van der Waals surface area contributed by atoms with E-state index in [1.54, 1.807) is 38.2 Å². The summed E-state index contributed by atoms with van der Waals surface area (Å²) in [6.45, 7) is 2.45. The maximum atomic E-state index is 14.0. The van der Waals surface area contributed by atoms with Crippen LogP contribution in [0.25, 0.3) is 0 Å². The highest BCUT2D eigenvalue weighted by Crippen LogP contribution is 2.46. The highest BCUT2D eigenvalue weighted by molar-refractivity contribution is 6.35. The van der Waals surface area contributed by atoms with Crippen molar-refractivity contribution in [1.82, 2.24) is 9.80 Å². The number of amides is 3.